The fourth-order valence-corrected chi connectivity index (χ4v) is 3.64. The van der Waals surface area contributed by atoms with Crippen LogP contribution >= 0.6 is 0 Å². The van der Waals surface area contributed by atoms with Gasteiger partial charge in [0.1, 0.15) is 4.90 Å². The van der Waals surface area contributed by atoms with Gasteiger partial charge in [-0.2, -0.15) is 8.42 Å². The Labute approximate surface area is 163 Å². The zero-order chi connectivity index (χ0) is 20.6. The molecule has 0 aromatic heterocycles. The maximum atomic E-state index is 12.5. The number of carbonyl (C=O) groups is 1. The van der Waals surface area contributed by atoms with Gasteiger partial charge in [-0.1, -0.05) is 36.4 Å². The summed E-state index contributed by atoms with van der Waals surface area (Å²) in [7, 11) is -4.38. The molecule has 0 aliphatic heterocycles. The number of hydrogen-bond donors (Lipinski definition) is 0. The Balaban J connectivity index is 2.13. The van der Waals surface area contributed by atoms with Crippen LogP contribution < -0.4 is 0 Å². The lowest BCUT2D eigenvalue weighted by atomic mass is 10.1. The van der Waals surface area contributed by atoms with E-state index in [1.165, 1.54) is 18.2 Å². The average Bonchev–Trinajstić information content (AvgIpc) is 2.68. The first-order valence-corrected chi connectivity index (χ1v) is 10.1. The number of aryl methyl sites for hydroxylation is 1. The van der Waals surface area contributed by atoms with E-state index < -0.39 is 27.1 Å². The van der Waals surface area contributed by atoms with Crippen molar-refractivity contribution in [3.05, 3.63) is 70.3 Å². The van der Waals surface area contributed by atoms with E-state index in [4.69, 9.17) is 8.92 Å². The molecule has 0 aliphatic rings. The minimum Gasteiger partial charge on any atom is -0.464 e. The molecule has 150 valence electrons. The van der Waals surface area contributed by atoms with Crippen molar-refractivity contribution in [2.45, 2.75) is 37.2 Å². The first kappa shape index (κ1) is 21.5. The highest BCUT2D eigenvalue weighted by atomic mass is 32.2. The third-order valence-corrected chi connectivity index (χ3v) is 5.20. The van der Waals surface area contributed by atoms with Gasteiger partial charge in [0.25, 0.3) is 15.8 Å². The van der Waals surface area contributed by atoms with Gasteiger partial charge >= 0.3 is 5.97 Å². The molecule has 0 unspecified atom stereocenters. The molecule has 1 atom stereocenters. The number of non-ortho nitro benzene ring substituents is 1. The van der Waals surface area contributed by atoms with Gasteiger partial charge in [-0.25, -0.2) is 4.79 Å². The van der Waals surface area contributed by atoms with Crippen molar-refractivity contribution in [3.63, 3.8) is 0 Å². The second-order valence-electron chi connectivity index (χ2n) is 5.92. The van der Waals surface area contributed by atoms with Gasteiger partial charge in [0.15, 0.2) is 6.10 Å². The zero-order valence-electron chi connectivity index (χ0n) is 15.3. The summed E-state index contributed by atoms with van der Waals surface area (Å²) >= 11 is 0. The maximum absolute atomic E-state index is 12.5. The fraction of sp³-hybridized carbons (Fsp3) is 0.316. The lowest BCUT2D eigenvalue weighted by Gasteiger charge is -2.16. The van der Waals surface area contributed by atoms with Crippen molar-refractivity contribution in [1.29, 1.82) is 0 Å². The molecule has 0 saturated carbocycles. The Morgan fingerprint density at radius 1 is 1.14 bits per heavy atom. The highest BCUT2D eigenvalue weighted by molar-refractivity contribution is 7.86. The van der Waals surface area contributed by atoms with Crippen LogP contribution in [0, 0.1) is 10.1 Å². The largest absolute Gasteiger partial charge is 0.464 e. The molecular formula is C19H21NO7S. The molecular weight excluding hydrogens is 386 g/mol. The van der Waals surface area contributed by atoms with Gasteiger partial charge in [-0.3, -0.25) is 14.3 Å². The molecule has 2 rings (SSSR count). The normalized spacial score (nSPS) is 12.3. The summed E-state index contributed by atoms with van der Waals surface area (Å²) in [6.07, 6.45) is -0.0653. The number of carbonyl (C=O) groups excluding carboxylic acids is 1. The summed E-state index contributed by atoms with van der Waals surface area (Å²) in [5, 5.41) is 10.9. The van der Waals surface area contributed by atoms with Gasteiger partial charge in [0, 0.05) is 12.1 Å². The molecule has 8 nitrogen and oxygen atoms in total. The van der Waals surface area contributed by atoms with Crippen LogP contribution in [0.4, 0.5) is 5.69 Å². The van der Waals surface area contributed by atoms with Crippen LogP contribution in [0.1, 0.15) is 25.3 Å². The number of nitro benzene ring substituents is 1. The molecule has 0 bridgehead atoms. The monoisotopic (exact) mass is 407 g/mol. The molecule has 0 aliphatic carbocycles. The molecule has 0 fully saturated rings. The number of benzene rings is 2. The molecule has 0 heterocycles. The number of nitrogens with zero attached hydrogens (tertiary/aromatic N) is 1. The third kappa shape index (κ3) is 6.14. The van der Waals surface area contributed by atoms with Crippen molar-refractivity contribution in [1.82, 2.24) is 0 Å². The van der Waals surface area contributed by atoms with Crippen LogP contribution in [0.3, 0.4) is 0 Å². The van der Waals surface area contributed by atoms with Crippen LogP contribution in [0.15, 0.2) is 59.5 Å². The smallest absolute Gasteiger partial charge is 0.336 e. The molecule has 9 heteroatoms. The van der Waals surface area contributed by atoms with Crippen LogP contribution in [0.25, 0.3) is 0 Å². The van der Waals surface area contributed by atoms with E-state index in [1.54, 1.807) is 6.92 Å². The average molecular weight is 407 g/mol. The van der Waals surface area contributed by atoms with E-state index in [1.807, 2.05) is 30.3 Å². The van der Waals surface area contributed by atoms with Gasteiger partial charge in [-0.15, -0.1) is 0 Å². The minimum absolute atomic E-state index is 0.0776. The van der Waals surface area contributed by atoms with Gasteiger partial charge in [-0.05, 0) is 37.8 Å². The number of ether oxygens (including phenoxy) is 1. The number of hydrogen-bond acceptors (Lipinski definition) is 7. The molecule has 0 N–H and O–H groups in total. The quantitative estimate of drug-likeness (QED) is 0.257. The molecule has 28 heavy (non-hydrogen) atoms. The van der Waals surface area contributed by atoms with E-state index in [9.17, 15) is 23.3 Å². The van der Waals surface area contributed by atoms with Crippen molar-refractivity contribution < 1.29 is 27.1 Å². The van der Waals surface area contributed by atoms with Crippen molar-refractivity contribution in [3.8, 4) is 0 Å². The number of nitro groups is 1. The van der Waals surface area contributed by atoms with Gasteiger partial charge in [0.2, 0.25) is 0 Å². The third-order valence-electron chi connectivity index (χ3n) is 3.88. The second kappa shape index (κ2) is 9.95. The summed E-state index contributed by atoms with van der Waals surface area (Å²) in [6, 6.07) is 14.0. The lowest BCUT2D eigenvalue weighted by Crippen LogP contribution is -2.29. The molecule has 0 saturated heterocycles. The van der Waals surface area contributed by atoms with E-state index in [2.05, 4.69) is 0 Å². The molecule has 0 amide bonds. The summed E-state index contributed by atoms with van der Waals surface area (Å²) in [5.41, 5.74) is 0.660. The summed E-state index contributed by atoms with van der Waals surface area (Å²) in [5.74, 6) is -0.787. The predicted molar refractivity (Wildman–Crippen MR) is 101 cm³/mol. The second-order valence-corrected chi connectivity index (χ2v) is 7.50. The molecule has 0 spiro atoms. The number of rotatable bonds is 10. The van der Waals surface area contributed by atoms with Crippen LogP contribution in [0.5, 0.6) is 0 Å². The maximum Gasteiger partial charge on any atom is 0.336 e. The fourth-order valence-electron chi connectivity index (χ4n) is 2.54. The Morgan fingerprint density at radius 3 is 2.50 bits per heavy atom. The SMILES string of the molecule is CCOC(=O)[C@@H](CCCc1ccccc1)OS(=O)(=O)c1cccc([N+](=O)[O-])c1. The topological polar surface area (TPSA) is 113 Å². The minimum atomic E-state index is -4.38. The predicted octanol–water partition coefficient (Wildman–Crippen LogP) is 3.25. The van der Waals surface area contributed by atoms with Crippen LogP contribution in [-0.2, 0) is 30.3 Å². The molecule has 0 radical (unpaired) electrons. The van der Waals surface area contributed by atoms with E-state index in [-0.39, 0.29) is 23.6 Å². The first-order valence-electron chi connectivity index (χ1n) is 8.72. The molecule has 2 aromatic rings. The Morgan fingerprint density at radius 2 is 1.86 bits per heavy atom. The van der Waals surface area contributed by atoms with E-state index in [0.29, 0.717) is 12.8 Å². The van der Waals surface area contributed by atoms with Crippen LogP contribution in [0.2, 0.25) is 0 Å². The highest BCUT2D eigenvalue weighted by Crippen LogP contribution is 2.22. The molecule has 2 aromatic carbocycles. The van der Waals surface area contributed by atoms with E-state index >= 15 is 0 Å². The van der Waals surface area contributed by atoms with Crippen molar-refractivity contribution in [2.24, 2.45) is 0 Å². The van der Waals surface area contributed by atoms with Crippen LogP contribution in [-0.4, -0.2) is 32.0 Å². The zero-order valence-corrected chi connectivity index (χ0v) is 16.1. The summed E-state index contributed by atoms with van der Waals surface area (Å²) < 4.78 is 35.0. The van der Waals surface area contributed by atoms with Crippen molar-refractivity contribution >= 4 is 21.8 Å². The van der Waals surface area contributed by atoms with E-state index in [0.717, 1.165) is 11.6 Å². The standard InChI is InChI=1S/C19H21NO7S/c1-2-26-19(21)18(13-6-10-15-8-4-3-5-9-15)27-28(24,25)17-12-7-11-16(14-17)20(22)23/h3-5,7-9,11-12,14,18H,2,6,10,13H2,1H3/t18-/m1/s1. The Kier molecular flexibility index (Phi) is 7.65. The first-order chi connectivity index (χ1) is 13.3. The summed E-state index contributed by atoms with van der Waals surface area (Å²) in [6.45, 7) is 1.68. The summed E-state index contributed by atoms with van der Waals surface area (Å²) in [4.78, 5) is 21.9. The van der Waals surface area contributed by atoms with Gasteiger partial charge in [0.05, 0.1) is 11.5 Å². The van der Waals surface area contributed by atoms with Crippen molar-refractivity contribution in [2.75, 3.05) is 6.61 Å². The Bertz CT molecular complexity index is 913. The highest BCUT2D eigenvalue weighted by Gasteiger charge is 2.29. The van der Waals surface area contributed by atoms with Gasteiger partial charge < -0.3 is 4.74 Å². The number of esters is 1. The lowest BCUT2D eigenvalue weighted by molar-refractivity contribution is -0.385. The Hall–Kier alpha value is -2.78.